The average Bonchev–Trinajstić information content (AvgIpc) is 2.76. The lowest BCUT2D eigenvalue weighted by molar-refractivity contribution is -0.139. The third kappa shape index (κ3) is 8.43. The number of carbonyl (C=O) groups is 2. The van der Waals surface area contributed by atoms with Crippen LogP contribution in [-0.4, -0.2) is 50.5 Å². The fraction of sp³-hybridized carbons (Fsp3) is 0.391. The Labute approximate surface area is 226 Å². The highest BCUT2D eigenvalue weighted by Gasteiger charge is 2.31. The number of hydrogen-bond acceptors (Lipinski definition) is 4. The van der Waals surface area contributed by atoms with E-state index in [0.29, 0.717) is 27.2 Å². The van der Waals surface area contributed by atoms with Gasteiger partial charge in [-0.3, -0.25) is 13.9 Å². The van der Waals surface area contributed by atoms with Crippen molar-refractivity contribution in [2.45, 2.75) is 39.3 Å². The zero-order valence-electron chi connectivity index (χ0n) is 19.5. The van der Waals surface area contributed by atoms with Crippen molar-refractivity contribution < 1.29 is 18.0 Å². The van der Waals surface area contributed by atoms with Gasteiger partial charge in [-0.05, 0) is 49.2 Å². The Bertz CT molecular complexity index is 1180. The van der Waals surface area contributed by atoms with E-state index in [9.17, 15) is 18.0 Å². The number of amides is 2. The fourth-order valence-corrected chi connectivity index (χ4v) is 5.12. The van der Waals surface area contributed by atoms with Crippen molar-refractivity contribution in [2.24, 2.45) is 0 Å². The average molecular weight is 583 g/mol. The van der Waals surface area contributed by atoms with Gasteiger partial charge in [-0.1, -0.05) is 65.8 Å². The number of nitrogens with one attached hydrogen (secondary N) is 1. The monoisotopic (exact) mass is 581 g/mol. The first kappa shape index (κ1) is 29.5. The molecule has 0 fully saturated rings. The highest BCUT2D eigenvalue weighted by Crippen LogP contribution is 2.31. The molecular weight excluding hydrogens is 556 g/mol. The number of rotatable bonds is 11. The molecule has 2 amide bonds. The quantitative estimate of drug-likeness (QED) is 0.359. The van der Waals surface area contributed by atoms with Crippen LogP contribution in [0, 0.1) is 0 Å². The van der Waals surface area contributed by atoms with Gasteiger partial charge in [0.2, 0.25) is 21.8 Å². The van der Waals surface area contributed by atoms with Crippen molar-refractivity contribution in [3.05, 3.63) is 62.1 Å². The molecule has 0 radical (unpaired) electrons. The van der Waals surface area contributed by atoms with Crippen LogP contribution in [-0.2, 0) is 26.2 Å². The van der Waals surface area contributed by atoms with Gasteiger partial charge in [-0.2, -0.15) is 0 Å². The molecule has 192 valence electrons. The van der Waals surface area contributed by atoms with Crippen molar-refractivity contribution in [3.63, 3.8) is 0 Å². The summed E-state index contributed by atoms with van der Waals surface area (Å²) >= 11 is 24.5. The predicted octanol–water partition coefficient (Wildman–Crippen LogP) is 5.40. The number of carbonyl (C=O) groups excluding carboxylic acids is 2. The Morgan fingerprint density at radius 2 is 1.60 bits per heavy atom. The number of unbranched alkanes of at least 4 members (excludes halogenated alkanes) is 1. The van der Waals surface area contributed by atoms with Gasteiger partial charge in [-0.25, -0.2) is 8.42 Å². The van der Waals surface area contributed by atoms with Crippen LogP contribution in [0.2, 0.25) is 20.1 Å². The minimum atomic E-state index is -3.92. The Morgan fingerprint density at radius 3 is 2.14 bits per heavy atom. The van der Waals surface area contributed by atoms with Crippen LogP contribution in [0.25, 0.3) is 0 Å². The number of sulfonamides is 1. The Balaban J connectivity index is 2.42. The highest BCUT2D eigenvalue weighted by atomic mass is 35.5. The molecule has 0 spiro atoms. The summed E-state index contributed by atoms with van der Waals surface area (Å²) in [6, 6.07) is 8.17. The molecule has 1 N–H and O–H groups in total. The van der Waals surface area contributed by atoms with E-state index in [1.165, 1.54) is 29.2 Å². The summed E-state index contributed by atoms with van der Waals surface area (Å²) in [7, 11) is -3.92. The molecule has 2 aromatic carbocycles. The molecular formula is C23H27Cl4N3O4S. The van der Waals surface area contributed by atoms with E-state index in [1.54, 1.807) is 19.1 Å². The Morgan fingerprint density at radius 1 is 1.00 bits per heavy atom. The standard InChI is InChI=1S/C23H27Cl4N3O4S/c1-4-5-10-28-23(32)15(2)29(13-16-6-7-17(24)11-19(16)26)22(31)14-30(35(3,33)34)21-9-8-18(25)12-20(21)27/h6-9,11-12,15H,4-5,10,13-14H2,1-3H3,(H,28,32)/t15-/m0/s1. The predicted molar refractivity (Wildman–Crippen MR) is 143 cm³/mol. The Kier molecular flexibility index (Phi) is 11.0. The number of halogens is 4. The van der Waals surface area contributed by atoms with Crippen LogP contribution in [0.5, 0.6) is 0 Å². The van der Waals surface area contributed by atoms with Crippen LogP contribution < -0.4 is 9.62 Å². The molecule has 7 nitrogen and oxygen atoms in total. The molecule has 0 heterocycles. The second kappa shape index (κ2) is 13.0. The molecule has 0 saturated heterocycles. The maximum atomic E-state index is 13.5. The van der Waals surface area contributed by atoms with Gasteiger partial charge in [0.15, 0.2) is 0 Å². The zero-order valence-corrected chi connectivity index (χ0v) is 23.4. The molecule has 0 aliphatic heterocycles. The summed E-state index contributed by atoms with van der Waals surface area (Å²) < 4.78 is 26.1. The first-order valence-corrected chi connectivity index (χ1v) is 14.1. The fourth-order valence-electron chi connectivity index (χ4n) is 3.23. The van der Waals surface area contributed by atoms with Crippen molar-refractivity contribution in [2.75, 3.05) is 23.7 Å². The molecule has 35 heavy (non-hydrogen) atoms. The van der Waals surface area contributed by atoms with Crippen LogP contribution >= 0.6 is 46.4 Å². The largest absolute Gasteiger partial charge is 0.354 e. The lowest BCUT2D eigenvalue weighted by Crippen LogP contribution is -2.51. The molecule has 0 unspecified atom stereocenters. The number of hydrogen-bond donors (Lipinski definition) is 1. The van der Waals surface area contributed by atoms with E-state index in [2.05, 4.69) is 5.32 Å². The first-order valence-electron chi connectivity index (χ1n) is 10.8. The molecule has 0 aliphatic rings. The van der Waals surface area contributed by atoms with Crippen LogP contribution in [0.4, 0.5) is 5.69 Å². The van der Waals surface area contributed by atoms with Gasteiger partial charge < -0.3 is 10.2 Å². The molecule has 2 aromatic rings. The zero-order chi connectivity index (χ0) is 26.3. The summed E-state index contributed by atoms with van der Waals surface area (Å²) in [5.41, 5.74) is 0.643. The molecule has 2 rings (SSSR count). The topological polar surface area (TPSA) is 86.8 Å². The van der Waals surface area contributed by atoms with Gasteiger partial charge in [0.25, 0.3) is 0 Å². The third-order valence-electron chi connectivity index (χ3n) is 5.21. The normalized spacial score (nSPS) is 12.2. The van der Waals surface area contributed by atoms with Gasteiger partial charge in [0.05, 0.1) is 17.0 Å². The number of benzene rings is 2. The summed E-state index contributed by atoms with van der Waals surface area (Å²) in [5, 5.41) is 3.92. The lowest BCUT2D eigenvalue weighted by Gasteiger charge is -2.32. The van der Waals surface area contributed by atoms with Crippen LogP contribution in [0.1, 0.15) is 32.3 Å². The minimum absolute atomic E-state index is 0.0385. The third-order valence-corrected chi connectivity index (χ3v) is 7.46. The molecule has 12 heteroatoms. The second-order valence-electron chi connectivity index (χ2n) is 7.94. The Hall–Kier alpha value is -1.71. The minimum Gasteiger partial charge on any atom is -0.354 e. The highest BCUT2D eigenvalue weighted by molar-refractivity contribution is 7.92. The van der Waals surface area contributed by atoms with Crippen molar-refractivity contribution >= 4 is 73.9 Å². The van der Waals surface area contributed by atoms with Crippen molar-refractivity contribution in [1.82, 2.24) is 10.2 Å². The van der Waals surface area contributed by atoms with Gasteiger partial charge in [-0.15, -0.1) is 0 Å². The van der Waals surface area contributed by atoms with Gasteiger partial charge >= 0.3 is 0 Å². The van der Waals surface area contributed by atoms with E-state index in [4.69, 9.17) is 46.4 Å². The van der Waals surface area contributed by atoms with Crippen LogP contribution in [0.3, 0.4) is 0 Å². The summed E-state index contributed by atoms with van der Waals surface area (Å²) in [5.74, 6) is -0.988. The molecule has 0 bridgehead atoms. The molecule has 0 aliphatic carbocycles. The van der Waals surface area contributed by atoms with Gasteiger partial charge in [0, 0.05) is 28.2 Å². The first-order chi connectivity index (χ1) is 16.3. The van der Waals surface area contributed by atoms with E-state index in [-0.39, 0.29) is 23.2 Å². The van der Waals surface area contributed by atoms with Crippen molar-refractivity contribution in [3.8, 4) is 0 Å². The maximum absolute atomic E-state index is 13.5. The number of nitrogens with zero attached hydrogens (tertiary/aromatic N) is 2. The van der Waals surface area contributed by atoms with Crippen LogP contribution in [0.15, 0.2) is 36.4 Å². The molecule has 0 saturated carbocycles. The SMILES string of the molecule is CCCCNC(=O)[C@H](C)N(Cc1ccc(Cl)cc1Cl)C(=O)CN(c1ccc(Cl)cc1Cl)S(C)(=O)=O. The van der Waals surface area contributed by atoms with E-state index >= 15 is 0 Å². The van der Waals surface area contributed by atoms with Gasteiger partial charge in [0.1, 0.15) is 12.6 Å². The van der Waals surface area contributed by atoms with E-state index in [1.807, 2.05) is 6.92 Å². The molecule has 0 aromatic heterocycles. The van der Waals surface area contributed by atoms with E-state index < -0.39 is 28.5 Å². The second-order valence-corrected chi connectivity index (χ2v) is 11.5. The molecule has 1 atom stereocenters. The summed E-state index contributed by atoms with van der Waals surface area (Å²) in [6.45, 7) is 3.40. The smallest absolute Gasteiger partial charge is 0.244 e. The number of anilines is 1. The maximum Gasteiger partial charge on any atom is 0.244 e. The summed E-state index contributed by atoms with van der Waals surface area (Å²) in [6.07, 6.45) is 2.64. The van der Waals surface area contributed by atoms with E-state index in [0.717, 1.165) is 23.4 Å². The lowest BCUT2D eigenvalue weighted by atomic mass is 10.1. The van der Waals surface area contributed by atoms with Crippen molar-refractivity contribution in [1.29, 1.82) is 0 Å². The summed E-state index contributed by atoms with van der Waals surface area (Å²) in [4.78, 5) is 27.6.